The Hall–Kier alpha value is -4.82. The van der Waals surface area contributed by atoms with Gasteiger partial charge in [0.25, 0.3) is 0 Å². The number of aromatic nitrogens is 1. The van der Waals surface area contributed by atoms with Crippen LogP contribution in [-0.4, -0.2) is 4.57 Å². The highest BCUT2D eigenvalue weighted by Gasteiger charge is 2.14. The van der Waals surface area contributed by atoms with Gasteiger partial charge in [-0.05, 0) is 70.4 Å². The summed E-state index contributed by atoms with van der Waals surface area (Å²) in [5.41, 5.74) is 8.19. The summed E-state index contributed by atoms with van der Waals surface area (Å²) in [5, 5.41) is 8.70. The first-order valence-electron chi connectivity index (χ1n) is 12.3. The lowest BCUT2D eigenvalue weighted by Crippen LogP contribution is -1.94. The van der Waals surface area contributed by atoms with Gasteiger partial charge in [-0.15, -0.1) is 0 Å². The van der Waals surface area contributed by atoms with E-state index in [0.717, 1.165) is 11.4 Å². The minimum Gasteiger partial charge on any atom is -0.355 e. The first-order valence-corrected chi connectivity index (χ1v) is 12.3. The molecule has 2 nitrogen and oxygen atoms in total. The van der Waals surface area contributed by atoms with E-state index in [0.29, 0.717) is 0 Å². The number of hydrogen-bond donors (Lipinski definition) is 1. The molecular weight excluding hydrogens is 436 g/mol. The standard InChI is InChI=1S/C34H24N2/c1-2-11-29(12-3-1)36-32-15-7-6-13-30(32)34-31(14-8-16-33(34)36)35-28-21-19-25(20-22-28)27-18-17-24-9-4-5-10-26(24)23-27/h1-23,35H. The minimum atomic E-state index is 1.07. The lowest BCUT2D eigenvalue weighted by Gasteiger charge is -2.11. The van der Waals surface area contributed by atoms with Gasteiger partial charge in [-0.2, -0.15) is 0 Å². The van der Waals surface area contributed by atoms with E-state index in [9.17, 15) is 0 Å². The summed E-state index contributed by atoms with van der Waals surface area (Å²) in [6.45, 7) is 0. The topological polar surface area (TPSA) is 17.0 Å². The number of benzene rings is 6. The first kappa shape index (κ1) is 20.5. The van der Waals surface area contributed by atoms with Crippen molar-refractivity contribution in [1.29, 1.82) is 0 Å². The van der Waals surface area contributed by atoms with E-state index in [2.05, 4.69) is 149 Å². The van der Waals surface area contributed by atoms with Crippen molar-refractivity contribution in [2.75, 3.05) is 5.32 Å². The normalized spacial score (nSPS) is 11.3. The molecule has 170 valence electrons. The number of fused-ring (bicyclic) bond motifs is 4. The summed E-state index contributed by atoms with van der Waals surface area (Å²) >= 11 is 0. The highest BCUT2D eigenvalue weighted by atomic mass is 15.0. The zero-order valence-corrected chi connectivity index (χ0v) is 19.7. The van der Waals surface area contributed by atoms with Crippen LogP contribution in [0.1, 0.15) is 0 Å². The van der Waals surface area contributed by atoms with Crippen molar-refractivity contribution in [1.82, 2.24) is 4.57 Å². The number of rotatable bonds is 4. The molecule has 0 atom stereocenters. The molecule has 0 aliphatic carbocycles. The number of nitrogens with one attached hydrogen (secondary N) is 1. The molecule has 0 spiro atoms. The Morgan fingerprint density at radius 3 is 2.03 bits per heavy atom. The second kappa shape index (κ2) is 8.44. The summed E-state index contributed by atoms with van der Waals surface area (Å²) in [5.74, 6) is 0. The Bertz CT molecular complexity index is 1840. The largest absolute Gasteiger partial charge is 0.355 e. The van der Waals surface area contributed by atoms with Gasteiger partial charge in [0, 0.05) is 27.8 Å². The van der Waals surface area contributed by atoms with Crippen molar-refractivity contribution in [3.8, 4) is 16.8 Å². The van der Waals surface area contributed by atoms with E-state index < -0.39 is 0 Å². The van der Waals surface area contributed by atoms with Crippen molar-refractivity contribution in [2.24, 2.45) is 0 Å². The maximum absolute atomic E-state index is 3.70. The van der Waals surface area contributed by atoms with Crippen LogP contribution in [0.3, 0.4) is 0 Å². The maximum atomic E-state index is 3.70. The SMILES string of the molecule is c1ccc(-n2c3ccccc3c3c(Nc4ccc(-c5ccc6ccccc6c5)cc4)cccc32)cc1. The van der Waals surface area contributed by atoms with Crippen molar-refractivity contribution in [3.05, 3.63) is 140 Å². The van der Waals surface area contributed by atoms with Gasteiger partial charge in [0.05, 0.1) is 11.0 Å². The predicted molar refractivity (Wildman–Crippen MR) is 153 cm³/mol. The maximum Gasteiger partial charge on any atom is 0.0562 e. The molecule has 1 heterocycles. The molecule has 0 amide bonds. The highest BCUT2D eigenvalue weighted by molar-refractivity contribution is 6.15. The Morgan fingerprint density at radius 2 is 1.17 bits per heavy atom. The molecule has 0 aliphatic heterocycles. The predicted octanol–water partition coefficient (Wildman–Crippen LogP) is 9.35. The summed E-state index contributed by atoms with van der Waals surface area (Å²) < 4.78 is 2.35. The lowest BCUT2D eigenvalue weighted by atomic mass is 10.0. The molecule has 2 heteroatoms. The number of nitrogens with zero attached hydrogens (tertiary/aromatic N) is 1. The van der Waals surface area contributed by atoms with E-state index in [1.807, 2.05) is 0 Å². The van der Waals surface area contributed by atoms with Gasteiger partial charge < -0.3 is 9.88 Å². The number of anilines is 2. The van der Waals surface area contributed by atoms with Crippen LogP contribution < -0.4 is 5.32 Å². The average molecular weight is 461 g/mol. The molecule has 7 rings (SSSR count). The third-order valence-corrected chi connectivity index (χ3v) is 6.96. The summed E-state index contributed by atoms with van der Waals surface area (Å²) in [6, 6.07) is 49.6. The number of para-hydroxylation sites is 2. The monoisotopic (exact) mass is 460 g/mol. The minimum absolute atomic E-state index is 1.07. The molecule has 36 heavy (non-hydrogen) atoms. The van der Waals surface area contributed by atoms with E-state index in [-0.39, 0.29) is 0 Å². The quantitative estimate of drug-likeness (QED) is 0.277. The van der Waals surface area contributed by atoms with Crippen LogP contribution in [0, 0.1) is 0 Å². The highest BCUT2D eigenvalue weighted by Crippen LogP contribution is 2.37. The van der Waals surface area contributed by atoms with Gasteiger partial charge >= 0.3 is 0 Å². The molecular formula is C34H24N2. The van der Waals surface area contributed by atoms with E-state index in [1.54, 1.807) is 0 Å². The van der Waals surface area contributed by atoms with Gasteiger partial charge in [0.1, 0.15) is 0 Å². The van der Waals surface area contributed by atoms with Crippen LogP contribution in [0.15, 0.2) is 140 Å². The fourth-order valence-electron chi connectivity index (χ4n) is 5.25. The Morgan fingerprint density at radius 1 is 0.472 bits per heavy atom. The summed E-state index contributed by atoms with van der Waals surface area (Å²) in [6.07, 6.45) is 0. The van der Waals surface area contributed by atoms with Gasteiger partial charge in [-0.3, -0.25) is 0 Å². The zero-order chi connectivity index (χ0) is 23.9. The summed E-state index contributed by atoms with van der Waals surface area (Å²) in [4.78, 5) is 0. The van der Waals surface area contributed by atoms with Crippen molar-refractivity contribution in [2.45, 2.75) is 0 Å². The van der Waals surface area contributed by atoms with Gasteiger partial charge in [0.2, 0.25) is 0 Å². The van der Waals surface area contributed by atoms with Crippen molar-refractivity contribution in [3.63, 3.8) is 0 Å². The van der Waals surface area contributed by atoms with E-state index in [1.165, 1.54) is 49.4 Å². The van der Waals surface area contributed by atoms with Crippen LogP contribution in [0.25, 0.3) is 49.4 Å². The average Bonchev–Trinajstić information content (AvgIpc) is 3.29. The van der Waals surface area contributed by atoms with Gasteiger partial charge in [-0.25, -0.2) is 0 Å². The fraction of sp³-hybridized carbons (Fsp3) is 0. The third kappa shape index (κ3) is 3.43. The number of hydrogen-bond acceptors (Lipinski definition) is 1. The Balaban J connectivity index is 1.29. The molecule has 1 aromatic heterocycles. The second-order valence-corrected chi connectivity index (χ2v) is 9.15. The van der Waals surface area contributed by atoms with Crippen LogP contribution in [0.2, 0.25) is 0 Å². The third-order valence-electron chi connectivity index (χ3n) is 6.96. The van der Waals surface area contributed by atoms with Crippen LogP contribution in [0.4, 0.5) is 11.4 Å². The molecule has 0 radical (unpaired) electrons. The first-order chi connectivity index (χ1) is 17.8. The Labute approximate surface area is 210 Å². The van der Waals surface area contributed by atoms with Gasteiger partial charge in [-0.1, -0.05) is 91.0 Å². The smallest absolute Gasteiger partial charge is 0.0562 e. The molecule has 6 aromatic carbocycles. The second-order valence-electron chi connectivity index (χ2n) is 9.15. The van der Waals surface area contributed by atoms with Crippen LogP contribution in [-0.2, 0) is 0 Å². The molecule has 0 fully saturated rings. The molecule has 7 aromatic rings. The lowest BCUT2D eigenvalue weighted by molar-refractivity contribution is 1.18. The van der Waals surface area contributed by atoms with Gasteiger partial charge in [0.15, 0.2) is 0 Å². The van der Waals surface area contributed by atoms with Crippen LogP contribution >= 0.6 is 0 Å². The molecule has 0 saturated carbocycles. The fourth-order valence-corrected chi connectivity index (χ4v) is 5.25. The van der Waals surface area contributed by atoms with E-state index in [4.69, 9.17) is 0 Å². The molecule has 0 saturated heterocycles. The van der Waals surface area contributed by atoms with Crippen molar-refractivity contribution >= 4 is 44.0 Å². The van der Waals surface area contributed by atoms with E-state index >= 15 is 0 Å². The molecule has 0 bridgehead atoms. The zero-order valence-electron chi connectivity index (χ0n) is 19.7. The molecule has 1 N–H and O–H groups in total. The molecule has 0 aliphatic rings. The van der Waals surface area contributed by atoms with Crippen molar-refractivity contribution < 1.29 is 0 Å². The molecule has 0 unspecified atom stereocenters. The van der Waals surface area contributed by atoms with Crippen LogP contribution in [0.5, 0.6) is 0 Å². The summed E-state index contributed by atoms with van der Waals surface area (Å²) in [7, 11) is 0. The Kier molecular flexibility index (Phi) is 4.82.